The first-order valence-corrected chi connectivity index (χ1v) is 10.1. The number of rotatable bonds is 7. The molecule has 2 amide bonds. The summed E-state index contributed by atoms with van der Waals surface area (Å²) in [6, 6.07) is 7.55. The van der Waals surface area contributed by atoms with Gasteiger partial charge in [-0.15, -0.1) is 11.3 Å². The first kappa shape index (κ1) is 19.2. The molecule has 3 rings (SSSR count). The molecule has 1 aromatic carbocycles. The third-order valence-corrected chi connectivity index (χ3v) is 5.64. The van der Waals surface area contributed by atoms with E-state index in [2.05, 4.69) is 12.2 Å². The van der Waals surface area contributed by atoms with Crippen LogP contribution in [-0.4, -0.2) is 18.4 Å². The minimum Gasteiger partial charge on any atom is -0.494 e. The highest BCUT2D eigenvalue weighted by Gasteiger charge is 2.24. The van der Waals surface area contributed by atoms with Crippen LogP contribution in [0.3, 0.4) is 0 Å². The van der Waals surface area contributed by atoms with Crippen molar-refractivity contribution in [2.45, 2.75) is 39.0 Å². The highest BCUT2D eigenvalue weighted by atomic mass is 32.1. The second-order valence-electron chi connectivity index (χ2n) is 6.52. The molecule has 0 saturated carbocycles. The first-order chi connectivity index (χ1) is 13.1. The van der Waals surface area contributed by atoms with Gasteiger partial charge < -0.3 is 15.8 Å². The number of anilines is 1. The summed E-state index contributed by atoms with van der Waals surface area (Å²) in [4.78, 5) is 25.3. The Morgan fingerprint density at radius 1 is 1.22 bits per heavy atom. The average molecular weight is 385 g/mol. The Balaban J connectivity index is 1.68. The fourth-order valence-corrected chi connectivity index (χ4v) is 4.43. The zero-order valence-electron chi connectivity index (χ0n) is 15.4. The van der Waals surface area contributed by atoms with Gasteiger partial charge in [-0.3, -0.25) is 9.59 Å². The van der Waals surface area contributed by atoms with Gasteiger partial charge in [0.1, 0.15) is 10.8 Å². The molecular weight excluding hydrogens is 360 g/mol. The lowest BCUT2D eigenvalue weighted by Crippen LogP contribution is -2.17. The van der Waals surface area contributed by atoms with Gasteiger partial charge in [0.2, 0.25) is 5.91 Å². The summed E-state index contributed by atoms with van der Waals surface area (Å²) >= 11 is 1.47. The average Bonchev–Trinajstić information content (AvgIpc) is 3.03. The number of carbonyl (C=O) groups is 2. The van der Waals surface area contributed by atoms with Crippen molar-refractivity contribution in [2.24, 2.45) is 5.73 Å². The van der Waals surface area contributed by atoms with E-state index in [1.165, 1.54) is 17.4 Å². The molecule has 0 aliphatic heterocycles. The zero-order valence-corrected chi connectivity index (χ0v) is 16.2. The number of aryl methyl sites for hydroxylation is 1. The maximum Gasteiger partial charge on any atom is 0.251 e. The van der Waals surface area contributed by atoms with Crippen LogP contribution in [0.1, 0.15) is 52.5 Å². The molecule has 27 heavy (non-hydrogen) atoms. The van der Waals surface area contributed by atoms with Crippen LogP contribution in [-0.2, 0) is 17.6 Å². The number of benzene rings is 1. The van der Waals surface area contributed by atoms with E-state index in [0.29, 0.717) is 17.2 Å². The van der Waals surface area contributed by atoms with E-state index in [-0.39, 0.29) is 5.91 Å². The van der Waals surface area contributed by atoms with Crippen LogP contribution in [0.2, 0.25) is 0 Å². The van der Waals surface area contributed by atoms with E-state index in [1.807, 2.05) is 24.3 Å². The molecule has 1 aliphatic rings. The Kier molecular flexibility index (Phi) is 6.29. The molecule has 0 saturated heterocycles. The molecule has 1 aromatic heterocycles. The monoisotopic (exact) mass is 384 g/mol. The maximum atomic E-state index is 12.3. The quantitative estimate of drug-likeness (QED) is 0.703. The van der Waals surface area contributed by atoms with Crippen molar-refractivity contribution < 1.29 is 14.3 Å². The van der Waals surface area contributed by atoms with Gasteiger partial charge in [-0.25, -0.2) is 0 Å². The molecule has 5 nitrogen and oxygen atoms in total. The maximum absolute atomic E-state index is 12.3. The van der Waals surface area contributed by atoms with Crippen molar-refractivity contribution in [3.8, 4) is 5.75 Å². The van der Waals surface area contributed by atoms with Gasteiger partial charge in [0.15, 0.2) is 0 Å². The number of hydrogen-bond acceptors (Lipinski definition) is 4. The summed E-state index contributed by atoms with van der Waals surface area (Å²) in [6.07, 6.45) is 8.11. The highest BCUT2D eigenvalue weighted by molar-refractivity contribution is 7.17. The Morgan fingerprint density at radius 2 is 1.96 bits per heavy atom. The second kappa shape index (κ2) is 8.86. The van der Waals surface area contributed by atoms with Crippen molar-refractivity contribution in [1.82, 2.24) is 0 Å². The van der Waals surface area contributed by atoms with E-state index < -0.39 is 5.91 Å². The number of thiophene rings is 1. The predicted octanol–water partition coefficient (Wildman–Crippen LogP) is 4.17. The van der Waals surface area contributed by atoms with Crippen LogP contribution in [0.5, 0.6) is 5.75 Å². The van der Waals surface area contributed by atoms with Crippen molar-refractivity contribution >= 4 is 34.2 Å². The fourth-order valence-electron chi connectivity index (χ4n) is 3.14. The first-order valence-electron chi connectivity index (χ1n) is 9.24. The van der Waals surface area contributed by atoms with Crippen molar-refractivity contribution in [3.63, 3.8) is 0 Å². The molecule has 142 valence electrons. The van der Waals surface area contributed by atoms with Gasteiger partial charge >= 0.3 is 0 Å². The molecular formula is C21H24N2O3S. The lowest BCUT2D eigenvalue weighted by atomic mass is 9.95. The molecule has 6 heteroatoms. The third kappa shape index (κ3) is 4.77. The van der Waals surface area contributed by atoms with Crippen molar-refractivity contribution in [1.29, 1.82) is 0 Å². The number of nitrogens with one attached hydrogen (secondary N) is 1. The van der Waals surface area contributed by atoms with Gasteiger partial charge in [0.05, 0.1) is 12.2 Å². The number of primary amides is 1. The SMILES string of the molecule is CCCOc1ccc(C=CC(=O)Nc2sc3c(c2C(N)=O)CCCC3)cc1. The molecule has 0 spiro atoms. The molecule has 0 bridgehead atoms. The summed E-state index contributed by atoms with van der Waals surface area (Å²) < 4.78 is 5.54. The summed E-state index contributed by atoms with van der Waals surface area (Å²) in [5, 5.41) is 3.39. The third-order valence-electron chi connectivity index (χ3n) is 4.43. The van der Waals surface area contributed by atoms with E-state index in [4.69, 9.17) is 10.5 Å². The second-order valence-corrected chi connectivity index (χ2v) is 7.62. The van der Waals surface area contributed by atoms with E-state index >= 15 is 0 Å². The lowest BCUT2D eigenvalue weighted by molar-refractivity contribution is -0.111. The largest absolute Gasteiger partial charge is 0.494 e. The van der Waals surface area contributed by atoms with Crippen molar-refractivity contribution in [3.05, 3.63) is 51.9 Å². The predicted molar refractivity (Wildman–Crippen MR) is 109 cm³/mol. The lowest BCUT2D eigenvalue weighted by Gasteiger charge is -2.11. The van der Waals surface area contributed by atoms with Crippen LogP contribution < -0.4 is 15.8 Å². The number of nitrogens with two attached hydrogens (primary N) is 1. The van der Waals surface area contributed by atoms with Crippen LogP contribution in [0.4, 0.5) is 5.00 Å². The standard InChI is InChI=1S/C21H24N2O3S/c1-2-13-26-15-10-7-14(8-11-15)9-12-18(24)23-21-19(20(22)25)16-5-3-4-6-17(16)27-21/h7-12H,2-6,13H2,1H3,(H2,22,25)(H,23,24). The summed E-state index contributed by atoms with van der Waals surface area (Å²) in [7, 11) is 0. The molecule has 0 atom stereocenters. The van der Waals surface area contributed by atoms with E-state index in [0.717, 1.165) is 53.9 Å². The number of carbonyl (C=O) groups excluding carboxylic acids is 2. The Labute approximate surface area is 163 Å². The minimum absolute atomic E-state index is 0.276. The van der Waals surface area contributed by atoms with E-state index in [1.54, 1.807) is 6.08 Å². The molecule has 0 unspecified atom stereocenters. The van der Waals surface area contributed by atoms with Gasteiger partial charge in [0.25, 0.3) is 5.91 Å². The van der Waals surface area contributed by atoms with Crippen molar-refractivity contribution in [2.75, 3.05) is 11.9 Å². The summed E-state index contributed by atoms with van der Waals surface area (Å²) in [6.45, 7) is 2.74. The Hall–Kier alpha value is -2.60. The number of hydrogen-bond donors (Lipinski definition) is 2. The molecule has 3 N–H and O–H groups in total. The molecule has 0 fully saturated rings. The van der Waals surface area contributed by atoms with Gasteiger partial charge in [0, 0.05) is 11.0 Å². The molecule has 1 heterocycles. The topological polar surface area (TPSA) is 81.4 Å². The Bertz CT molecular complexity index is 853. The van der Waals surface area contributed by atoms with Crippen LogP contribution in [0, 0.1) is 0 Å². The molecule has 2 aromatic rings. The Morgan fingerprint density at radius 3 is 2.67 bits per heavy atom. The number of amides is 2. The van der Waals surface area contributed by atoms with E-state index in [9.17, 15) is 9.59 Å². The molecule has 1 aliphatic carbocycles. The zero-order chi connectivity index (χ0) is 19.2. The minimum atomic E-state index is -0.476. The number of fused-ring (bicyclic) bond motifs is 1. The highest BCUT2D eigenvalue weighted by Crippen LogP contribution is 2.37. The number of ether oxygens (including phenoxy) is 1. The van der Waals surface area contributed by atoms with Crippen LogP contribution >= 0.6 is 11.3 Å². The smallest absolute Gasteiger partial charge is 0.251 e. The van der Waals surface area contributed by atoms with Crippen LogP contribution in [0.25, 0.3) is 6.08 Å². The van der Waals surface area contributed by atoms with Gasteiger partial charge in [-0.2, -0.15) is 0 Å². The summed E-state index contributed by atoms with van der Waals surface area (Å²) in [5.74, 6) is 0.0625. The fraction of sp³-hybridized carbons (Fsp3) is 0.333. The molecule has 0 radical (unpaired) electrons. The normalized spacial score (nSPS) is 13.4. The van der Waals surface area contributed by atoms with Gasteiger partial charge in [-0.05, 0) is 61.4 Å². The van der Waals surface area contributed by atoms with Crippen LogP contribution in [0.15, 0.2) is 30.3 Å². The summed E-state index contributed by atoms with van der Waals surface area (Å²) in [5.41, 5.74) is 7.95. The van der Waals surface area contributed by atoms with Gasteiger partial charge in [-0.1, -0.05) is 19.1 Å².